The van der Waals surface area contributed by atoms with Crippen molar-refractivity contribution in [1.82, 2.24) is 0 Å². The fraction of sp³-hybridized carbons (Fsp3) is 0.476. The van der Waals surface area contributed by atoms with Gasteiger partial charge in [0.2, 0.25) is 0 Å². The van der Waals surface area contributed by atoms with Crippen LogP contribution < -0.4 is 4.43 Å². The maximum absolute atomic E-state index is 12.4. The predicted octanol–water partition coefficient (Wildman–Crippen LogP) is 6.73. The topological polar surface area (TPSA) is 26.3 Å². The molecule has 0 spiro atoms. The summed E-state index contributed by atoms with van der Waals surface area (Å²) in [6, 6.07) is 11.7. The molecule has 0 aliphatic heterocycles. The first-order valence-electron chi connectivity index (χ1n) is 9.12. The summed E-state index contributed by atoms with van der Waals surface area (Å²) in [5.74, 6) is 1.06. The van der Waals surface area contributed by atoms with Gasteiger partial charge in [0.1, 0.15) is 5.75 Å². The first kappa shape index (κ1) is 19.9. The molecule has 0 saturated heterocycles. The summed E-state index contributed by atoms with van der Waals surface area (Å²) in [5, 5.41) is 2.01. The SMILES string of the molecule is CC(C)[Si](Oc1ccc(C(=O)Cc2cccs2)cc1)(C(C)C)C(C)C. The summed E-state index contributed by atoms with van der Waals surface area (Å²) in [7, 11) is -1.95. The molecule has 0 amide bonds. The largest absolute Gasteiger partial charge is 0.543 e. The van der Waals surface area contributed by atoms with E-state index in [0.29, 0.717) is 23.0 Å². The van der Waals surface area contributed by atoms with Gasteiger partial charge in [-0.25, -0.2) is 0 Å². The monoisotopic (exact) mass is 374 g/mol. The number of thiophene rings is 1. The second-order valence-electron chi connectivity index (χ2n) is 7.62. The van der Waals surface area contributed by atoms with Gasteiger partial charge in [-0.2, -0.15) is 0 Å². The van der Waals surface area contributed by atoms with E-state index in [1.165, 1.54) is 0 Å². The van der Waals surface area contributed by atoms with Crippen molar-refractivity contribution in [2.45, 2.75) is 64.6 Å². The van der Waals surface area contributed by atoms with Crippen molar-refractivity contribution in [1.29, 1.82) is 0 Å². The van der Waals surface area contributed by atoms with Crippen molar-refractivity contribution in [3.63, 3.8) is 0 Å². The molecule has 0 fully saturated rings. The standard InChI is InChI=1S/C21H30O2SSi/c1-15(2)25(16(3)4,17(5)6)23-19-11-9-18(10-12-19)21(22)14-20-8-7-13-24-20/h7-13,15-17H,14H2,1-6H3. The molecule has 0 radical (unpaired) electrons. The number of benzene rings is 1. The Morgan fingerprint density at radius 2 is 1.52 bits per heavy atom. The van der Waals surface area contributed by atoms with Crippen LogP contribution in [0.5, 0.6) is 5.75 Å². The molecule has 136 valence electrons. The van der Waals surface area contributed by atoms with Crippen LogP contribution in [0.15, 0.2) is 41.8 Å². The molecule has 1 aromatic heterocycles. The molecule has 0 N–H and O–H groups in total. The molecule has 1 aromatic carbocycles. The third kappa shape index (κ3) is 4.42. The van der Waals surface area contributed by atoms with E-state index in [1.54, 1.807) is 11.3 Å². The molecular weight excluding hydrogens is 344 g/mol. The van der Waals surface area contributed by atoms with E-state index >= 15 is 0 Å². The van der Waals surface area contributed by atoms with Crippen molar-refractivity contribution in [2.24, 2.45) is 0 Å². The van der Waals surface area contributed by atoms with E-state index in [1.807, 2.05) is 41.8 Å². The molecule has 0 aliphatic carbocycles. The highest BCUT2D eigenvalue weighted by Crippen LogP contribution is 2.42. The van der Waals surface area contributed by atoms with Gasteiger partial charge in [0.05, 0.1) is 0 Å². The van der Waals surface area contributed by atoms with E-state index < -0.39 is 8.32 Å². The molecular formula is C21H30O2SSi. The van der Waals surface area contributed by atoms with Gasteiger partial charge in [0.25, 0.3) is 8.32 Å². The van der Waals surface area contributed by atoms with Gasteiger partial charge in [0.15, 0.2) is 5.78 Å². The van der Waals surface area contributed by atoms with Crippen LogP contribution in [0.1, 0.15) is 56.8 Å². The summed E-state index contributed by atoms with van der Waals surface area (Å²) in [4.78, 5) is 13.5. The first-order chi connectivity index (χ1) is 11.8. The zero-order chi connectivity index (χ0) is 18.6. The fourth-order valence-electron chi connectivity index (χ4n) is 3.94. The normalized spacial score (nSPS) is 12.2. The van der Waals surface area contributed by atoms with Crippen molar-refractivity contribution in [2.75, 3.05) is 0 Å². The van der Waals surface area contributed by atoms with Crippen LogP contribution in [0.25, 0.3) is 0 Å². The van der Waals surface area contributed by atoms with E-state index in [2.05, 4.69) is 41.5 Å². The van der Waals surface area contributed by atoms with Crippen LogP contribution in [-0.2, 0) is 6.42 Å². The van der Waals surface area contributed by atoms with Gasteiger partial charge in [0, 0.05) is 16.9 Å². The highest BCUT2D eigenvalue weighted by molar-refractivity contribution is 7.10. The van der Waals surface area contributed by atoms with Crippen LogP contribution >= 0.6 is 11.3 Å². The van der Waals surface area contributed by atoms with Crippen LogP contribution in [0.2, 0.25) is 16.6 Å². The highest BCUT2D eigenvalue weighted by Gasteiger charge is 2.46. The molecule has 0 atom stereocenters. The Kier molecular flexibility index (Phi) is 6.63. The van der Waals surface area contributed by atoms with E-state index in [-0.39, 0.29) is 5.78 Å². The Morgan fingerprint density at radius 3 is 1.96 bits per heavy atom. The van der Waals surface area contributed by atoms with E-state index in [0.717, 1.165) is 16.2 Å². The second kappa shape index (κ2) is 8.32. The number of Topliss-reactive ketones (excluding diaryl/α,β-unsaturated/α-hetero) is 1. The summed E-state index contributed by atoms with van der Waals surface area (Å²) >= 11 is 1.63. The van der Waals surface area contributed by atoms with Gasteiger partial charge in [-0.05, 0) is 52.3 Å². The van der Waals surface area contributed by atoms with Gasteiger partial charge in [-0.3, -0.25) is 4.79 Å². The van der Waals surface area contributed by atoms with Gasteiger partial charge in [-0.15, -0.1) is 11.3 Å². The van der Waals surface area contributed by atoms with Crippen molar-refractivity contribution >= 4 is 25.4 Å². The molecule has 4 heteroatoms. The van der Waals surface area contributed by atoms with Crippen molar-refractivity contribution in [3.8, 4) is 5.75 Å². The Balaban J connectivity index is 2.17. The maximum Gasteiger partial charge on any atom is 0.258 e. The van der Waals surface area contributed by atoms with Crippen LogP contribution in [0.3, 0.4) is 0 Å². The highest BCUT2D eigenvalue weighted by atomic mass is 32.1. The maximum atomic E-state index is 12.4. The Bertz CT molecular complexity index is 651. The van der Waals surface area contributed by atoms with Crippen LogP contribution in [0.4, 0.5) is 0 Å². The number of rotatable bonds is 8. The number of hydrogen-bond donors (Lipinski definition) is 0. The van der Waals surface area contributed by atoms with Crippen molar-refractivity contribution < 1.29 is 9.22 Å². The predicted molar refractivity (Wildman–Crippen MR) is 110 cm³/mol. The molecule has 2 nitrogen and oxygen atoms in total. The van der Waals surface area contributed by atoms with Gasteiger partial charge >= 0.3 is 0 Å². The average molecular weight is 375 g/mol. The van der Waals surface area contributed by atoms with Crippen LogP contribution in [-0.4, -0.2) is 14.1 Å². The minimum Gasteiger partial charge on any atom is -0.543 e. The fourth-order valence-corrected chi connectivity index (χ4v) is 9.89. The van der Waals surface area contributed by atoms with Crippen molar-refractivity contribution in [3.05, 3.63) is 52.2 Å². The smallest absolute Gasteiger partial charge is 0.258 e. The van der Waals surface area contributed by atoms with Gasteiger partial charge < -0.3 is 4.43 Å². The minimum atomic E-state index is -1.95. The summed E-state index contributed by atoms with van der Waals surface area (Å²) in [6.07, 6.45) is 0.473. The lowest BCUT2D eigenvalue weighted by Crippen LogP contribution is -2.50. The quantitative estimate of drug-likeness (QED) is 0.378. The molecule has 0 saturated carbocycles. The molecule has 25 heavy (non-hydrogen) atoms. The Labute approximate surface area is 157 Å². The number of carbonyl (C=O) groups is 1. The second-order valence-corrected chi connectivity index (χ2v) is 14.0. The van der Waals surface area contributed by atoms with Gasteiger partial charge in [-0.1, -0.05) is 47.6 Å². The molecule has 0 unspecified atom stereocenters. The zero-order valence-corrected chi connectivity index (χ0v) is 18.0. The molecule has 0 bridgehead atoms. The molecule has 1 heterocycles. The number of ketones is 1. The lowest BCUT2D eigenvalue weighted by atomic mass is 10.1. The molecule has 2 aromatic rings. The van der Waals surface area contributed by atoms with E-state index in [9.17, 15) is 4.79 Å². The van der Waals surface area contributed by atoms with Crippen LogP contribution in [0, 0.1) is 0 Å². The molecule has 0 aliphatic rings. The summed E-state index contributed by atoms with van der Waals surface area (Å²) in [5.41, 5.74) is 2.36. The third-order valence-electron chi connectivity index (χ3n) is 5.09. The zero-order valence-electron chi connectivity index (χ0n) is 16.2. The minimum absolute atomic E-state index is 0.161. The first-order valence-corrected chi connectivity index (χ1v) is 12.1. The average Bonchev–Trinajstić information content (AvgIpc) is 3.05. The molecule has 2 rings (SSSR count). The third-order valence-corrected chi connectivity index (χ3v) is 12.0. The lowest BCUT2D eigenvalue weighted by molar-refractivity contribution is 0.0994. The summed E-state index contributed by atoms with van der Waals surface area (Å²) < 4.78 is 6.66. The van der Waals surface area contributed by atoms with E-state index in [4.69, 9.17) is 4.43 Å². The Morgan fingerprint density at radius 1 is 0.960 bits per heavy atom. The summed E-state index contributed by atoms with van der Waals surface area (Å²) in [6.45, 7) is 13.7. The number of hydrogen-bond acceptors (Lipinski definition) is 3. The Hall–Kier alpha value is -1.39. The lowest BCUT2D eigenvalue weighted by Gasteiger charge is -2.42. The number of carbonyl (C=O) groups excluding carboxylic acids is 1.